The number of benzene rings is 1. The van der Waals surface area contributed by atoms with E-state index in [4.69, 9.17) is 0 Å². The van der Waals surface area contributed by atoms with Crippen molar-refractivity contribution in [3.8, 4) is 0 Å². The molecule has 0 heterocycles. The molecule has 0 aliphatic heterocycles. The lowest BCUT2D eigenvalue weighted by Crippen LogP contribution is -2.25. The molecule has 0 saturated carbocycles. The first kappa shape index (κ1) is 13.7. The quantitative estimate of drug-likeness (QED) is 0.815. The average molecular weight is 284 g/mol. The molecule has 0 aliphatic rings. The Balaban J connectivity index is 2.42. The molecule has 0 bridgehead atoms. The summed E-state index contributed by atoms with van der Waals surface area (Å²) in [4.78, 5) is 0. The number of halogens is 1. The van der Waals surface area contributed by atoms with E-state index in [9.17, 15) is 0 Å². The van der Waals surface area contributed by atoms with Gasteiger partial charge in [-0.1, -0.05) is 47.8 Å². The number of rotatable bonds is 6. The average Bonchev–Trinajstić information content (AvgIpc) is 2.25. The summed E-state index contributed by atoms with van der Waals surface area (Å²) in [5, 5.41) is 3.56. The van der Waals surface area contributed by atoms with Crippen LogP contribution in [0.25, 0.3) is 0 Å². The Morgan fingerprint density at radius 2 is 2.12 bits per heavy atom. The molecule has 0 saturated heterocycles. The van der Waals surface area contributed by atoms with Crippen LogP contribution < -0.4 is 5.32 Å². The van der Waals surface area contributed by atoms with Gasteiger partial charge in [0, 0.05) is 17.1 Å². The van der Waals surface area contributed by atoms with E-state index in [1.807, 2.05) is 0 Å². The van der Waals surface area contributed by atoms with Crippen molar-refractivity contribution < 1.29 is 0 Å². The lowest BCUT2D eigenvalue weighted by Gasteiger charge is -2.14. The van der Waals surface area contributed by atoms with Gasteiger partial charge in [0.25, 0.3) is 0 Å². The first-order chi connectivity index (χ1) is 7.63. The van der Waals surface area contributed by atoms with Gasteiger partial charge in [-0.25, -0.2) is 0 Å². The van der Waals surface area contributed by atoms with Gasteiger partial charge in [-0.2, -0.15) is 0 Å². The molecule has 2 heteroatoms. The largest absolute Gasteiger partial charge is 0.310 e. The van der Waals surface area contributed by atoms with Crippen molar-refractivity contribution in [2.45, 2.75) is 52.6 Å². The van der Waals surface area contributed by atoms with Gasteiger partial charge in [-0.15, -0.1) is 0 Å². The molecule has 0 aromatic heterocycles. The number of aryl methyl sites for hydroxylation is 1. The lowest BCUT2D eigenvalue weighted by molar-refractivity contribution is 0.494. The molecule has 0 aliphatic carbocycles. The van der Waals surface area contributed by atoms with E-state index in [0.717, 1.165) is 6.54 Å². The van der Waals surface area contributed by atoms with Crippen molar-refractivity contribution in [3.63, 3.8) is 0 Å². The predicted molar refractivity (Wildman–Crippen MR) is 74.7 cm³/mol. The molecule has 1 unspecified atom stereocenters. The molecular formula is C14H22BrN. The van der Waals surface area contributed by atoms with Gasteiger partial charge >= 0.3 is 0 Å². The lowest BCUT2D eigenvalue weighted by atomic mass is 10.1. The molecule has 0 amide bonds. The van der Waals surface area contributed by atoms with Crippen LogP contribution in [0, 0.1) is 6.92 Å². The van der Waals surface area contributed by atoms with Crippen LogP contribution in [0.1, 0.15) is 44.2 Å². The highest BCUT2D eigenvalue weighted by atomic mass is 79.9. The Bertz CT molecular complexity index is 323. The molecular weight excluding hydrogens is 262 g/mol. The van der Waals surface area contributed by atoms with Crippen molar-refractivity contribution in [1.29, 1.82) is 0 Å². The minimum atomic E-state index is 0.605. The second kappa shape index (κ2) is 7.08. The first-order valence-electron chi connectivity index (χ1n) is 6.12. The molecule has 1 atom stereocenters. The van der Waals surface area contributed by atoms with Crippen LogP contribution in [-0.2, 0) is 6.54 Å². The third-order valence-corrected chi connectivity index (χ3v) is 3.58. The van der Waals surface area contributed by atoms with E-state index >= 15 is 0 Å². The van der Waals surface area contributed by atoms with Crippen molar-refractivity contribution >= 4 is 15.9 Å². The van der Waals surface area contributed by atoms with E-state index in [-0.39, 0.29) is 0 Å². The number of nitrogens with one attached hydrogen (secondary N) is 1. The van der Waals surface area contributed by atoms with Gasteiger partial charge in [-0.3, -0.25) is 0 Å². The molecule has 0 fully saturated rings. The van der Waals surface area contributed by atoms with Gasteiger partial charge in [0.1, 0.15) is 0 Å². The Kier molecular flexibility index (Phi) is 6.07. The van der Waals surface area contributed by atoms with E-state index in [1.165, 1.54) is 34.9 Å². The fraction of sp³-hybridized carbons (Fsp3) is 0.571. The summed E-state index contributed by atoms with van der Waals surface area (Å²) in [5.74, 6) is 0. The zero-order valence-corrected chi connectivity index (χ0v) is 12.1. The maximum atomic E-state index is 3.61. The fourth-order valence-electron chi connectivity index (χ4n) is 1.69. The minimum absolute atomic E-state index is 0.605. The molecule has 0 radical (unpaired) electrons. The van der Waals surface area contributed by atoms with Gasteiger partial charge in [0.2, 0.25) is 0 Å². The van der Waals surface area contributed by atoms with E-state index < -0.39 is 0 Å². The van der Waals surface area contributed by atoms with Gasteiger partial charge in [0.05, 0.1) is 0 Å². The molecule has 1 rings (SSSR count). The van der Waals surface area contributed by atoms with E-state index in [2.05, 4.69) is 60.2 Å². The van der Waals surface area contributed by atoms with Crippen molar-refractivity contribution in [1.82, 2.24) is 5.32 Å². The van der Waals surface area contributed by atoms with Crippen LogP contribution in [0.5, 0.6) is 0 Å². The zero-order valence-electron chi connectivity index (χ0n) is 10.5. The Labute approximate surface area is 108 Å². The highest BCUT2D eigenvalue weighted by molar-refractivity contribution is 9.10. The third kappa shape index (κ3) is 4.67. The summed E-state index contributed by atoms with van der Waals surface area (Å²) >= 11 is 3.61. The van der Waals surface area contributed by atoms with Crippen molar-refractivity contribution in [2.75, 3.05) is 0 Å². The normalized spacial score (nSPS) is 12.8. The van der Waals surface area contributed by atoms with Crippen LogP contribution >= 0.6 is 15.9 Å². The molecule has 16 heavy (non-hydrogen) atoms. The second-order valence-electron chi connectivity index (χ2n) is 4.52. The maximum absolute atomic E-state index is 3.61. The summed E-state index contributed by atoms with van der Waals surface area (Å²) in [6.45, 7) is 7.57. The number of hydrogen-bond acceptors (Lipinski definition) is 1. The third-order valence-electron chi connectivity index (χ3n) is 2.84. The Hall–Kier alpha value is -0.340. The molecule has 1 aromatic rings. The van der Waals surface area contributed by atoms with Crippen LogP contribution in [0.3, 0.4) is 0 Å². The van der Waals surface area contributed by atoms with Gasteiger partial charge in [-0.05, 0) is 37.5 Å². The van der Waals surface area contributed by atoms with Crippen LogP contribution in [0.15, 0.2) is 22.7 Å². The summed E-state index contributed by atoms with van der Waals surface area (Å²) in [6, 6.07) is 7.14. The van der Waals surface area contributed by atoms with Crippen LogP contribution in [0.2, 0.25) is 0 Å². The van der Waals surface area contributed by atoms with Crippen LogP contribution in [-0.4, -0.2) is 6.04 Å². The number of hydrogen-bond donors (Lipinski definition) is 1. The molecule has 1 nitrogen and oxygen atoms in total. The fourth-order valence-corrected chi connectivity index (χ4v) is 2.33. The molecule has 1 aromatic carbocycles. The Morgan fingerprint density at radius 3 is 2.75 bits per heavy atom. The molecule has 1 N–H and O–H groups in total. The highest BCUT2D eigenvalue weighted by Gasteiger charge is 2.03. The smallest absolute Gasteiger partial charge is 0.0222 e. The molecule has 90 valence electrons. The maximum Gasteiger partial charge on any atom is 0.0222 e. The van der Waals surface area contributed by atoms with Crippen LogP contribution in [0.4, 0.5) is 0 Å². The SMILES string of the molecule is CCCCC(C)NCc1ccc(C)cc1Br. The summed E-state index contributed by atoms with van der Waals surface area (Å²) in [6.07, 6.45) is 3.85. The number of unbranched alkanes of at least 4 members (excludes halogenated alkanes) is 1. The monoisotopic (exact) mass is 283 g/mol. The Morgan fingerprint density at radius 1 is 1.38 bits per heavy atom. The summed E-state index contributed by atoms with van der Waals surface area (Å²) in [5.41, 5.74) is 2.64. The van der Waals surface area contributed by atoms with E-state index in [1.54, 1.807) is 0 Å². The van der Waals surface area contributed by atoms with Gasteiger partial charge < -0.3 is 5.32 Å². The summed E-state index contributed by atoms with van der Waals surface area (Å²) in [7, 11) is 0. The summed E-state index contributed by atoms with van der Waals surface area (Å²) < 4.78 is 1.21. The predicted octanol–water partition coefficient (Wildman–Crippen LogP) is 4.43. The van der Waals surface area contributed by atoms with Crippen molar-refractivity contribution in [3.05, 3.63) is 33.8 Å². The minimum Gasteiger partial charge on any atom is -0.310 e. The van der Waals surface area contributed by atoms with Crippen molar-refractivity contribution in [2.24, 2.45) is 0 Å². The van der Waals surface area contributed by atoms with E-state index in [0.29, 0.717) is 6.04 Å². The standard InChI is InChI=1S/C14H22BrN/c1-4-5-6-12(3)16-10-13-8-7-11(2)9-14(13)15/h7-9,12,16H,4-6,10H2,1-3H3. The van der Waals surface area contributed by atoms with Gasteiger partial charge in [0.15, 0.2) is 0 Å². The topological polar surface area (TPSA) is 12.0 Å². The second-order valence-corrected chi connectivity index (χ2v) is 5.37. The highest BCUT2D eigenvalue weighted by Crippen LogP contribution is 2.18. The zero-order chi connectivity index (χ0) is 12.0. The molecule has 0 spiro atoms. The first-order valence-corrected chi connectivity index (χ1v) is 6.91.